The average molecular weight is 304 g/mol. The number of pyridine rings is 1. The number of hydrogen-bond donors (Lipinski definition) is 1. The standard InChI is InChI=1S/C19H20N4/c1-2-6-15-9-10-16-18-17(22-21-16)11-12-20-19(18)23(15)13-14-7-4-3-5-8-14/h3-8,11-12H,2,9-10,13H2,1H3,(H,21,22). The van der Waals surface area contributed by atoms with E-state index < -0.39 is 0 Å². The number of H-pyrrole nitrogens is 1. The lowest BCUT2D eigenvalue weighted by Crippen LogP contribution is -2.22. The molecule has 3 heterocycles. The molecule has 23 heavy (non-hydrogen) atoms. The third kappa shape index (κ3) is 2.50. The van der Waals surface area contributed by atoms with Crippen LogP contribution in [0.2, 0.25) is 0 Å². The summed E-state index contributed by atoms with van der Waals surface area (Å²) in [4.78, 5) is 7.06. The fourth-order valence-corrected chi connectivity index (χ4v) is 3.31. The molecule has 0 amide bonds. The Labute approximate surface area is 135 Å². The van der Waals surface area contributed by atoms with Crippen LogP contribution in [0.1, 0.15) is 31.0 Å². The van der Waals surface area contributed by atoms with Gasteiger partial charge in [0.25, 0.3) is 0 Å². The maximum atomic E-state index is 4.70. The number of aromatic nitrogens is 3. The van der Waals surface area contributed by atoms with Crippen molar-refractivity contribution in [3.05, 3.63) is 65.6 Å². The Morgan fingerprint density at radius 3 is 2.87 bits per heavy atom. The first-order chi connectivity index (χ1) is 11.4. The quantitative estimate of drug-likeness (QED) is 0.788. The Morgan fingerprint density at radius 2 is 2.04 bits per heavy atom. The molecule has 4 heteroatoms. The van der Waals surface area contributed by atoms with Crippen LogP contribution in [0, 0.1) is 0 Å². The van der Waals surface area contributed by atoms with Gasteiger partial charge in [-0.1, -0.05) is 43.3 Å². The van der Waals surface area contributed by atoms with Gasteiger partial charge < -0.3 is 4.90 Å². The molecule has 2 aromatic heterocycles. The predicted molar refractivity (Wildman–Crippen MR) is 93.2 cm³/mol. The van der Waals surface area contributed by atoms with Crippen LogP contribution in [0.15, 0.2) is 54.4 Å². The van der Waals surface area contributed by atoms with Crippen LogP contribution in [-0.2, 0) is 13.0 Å². The number of benzene rings is 1. The van der Waals surface area contributed by atoms with Gasteiger partial charge in [0.2, 0.25) is 0 Å². The van der Waals surface area contributed by atoms with Crippen molar-refractivity contribution in [2.45, 2.75) is 32.7 Å². The Balaban J connectivity index is 1.86. The molecule has 1 aliphatic rings. The second-order valence-electron chi connectivity index (χ2n) is 5.91. The summed E-state index contributed by atoms with van der Waals surface area (Å²) in [5, 5.41) is 8.80. The Kier molecular flexibility index (Phi) is 3.58. The molecule has 0 spiro atoms. The summed E-state index contributed by atoms with van der Waals surface area (Å²) in [6, 6.07) is 12.6. The highest BCUT2D eigenvalue weighted by Crippen LogP contribution is 2.35. The van der Waals surface area contributed by atoms with Gasteiger partial charge in [-0.2, -0.15) is 5.10 Å². The van der Waals surface area contributed by atoms with Crippen LogP contribution < -0.4 is 4.90 Å². The minimum atomic E-state index is 0.837. The number of aromatic amines is 1. The largest absolute Gasteiger partial charge is 0.325 e. The summed E-state index contributed by atoms with van der Waals surface area (Å²) in [6.45, 7) is 3.02. The van der Waals surface area contributed by atoms with E-state index in [9.17, 15) is 0 Å². The highest BCUT2D eigenvalue weighted by molar-refractivity contribution is 5.93. The van der Waals surface area contributed by atoms with E-state index in [1.54, 1.807) is 0 Å². The van der Waals surface area contributed by atoms with Gasteiger partial charge >= 0.3 is 0 Å². The zero-order chi connectivity index (χ0) is 15.6. The SMILES string of the molecule is CCC=C1CCc2[nH]nc3ccnc(c23)N1Cc1ccccc1. The summed E-state index contributed by atoms with van der Waals surface area (Å²) in [5.41, 5.74) is 4.84. The molecular weight excluding hydrogens is 284 g/mol. The predicted octanol–water partition coefficient (Wildman–Crippen LogP) is 4.20. The molecule has 0 unspecified atom stereocenters. The van der Waals surface area contributed by atoms with E-state index in [1.807, 2.05) is 12.3 Å². The zero-order valence-corrected chi connectivity index (χ0v) is 13.3. The molecule has 1 N–H and O–H groups in total. The molecule has 4 rings (SSSR count). The van der Waals surface area contributed by atoms with Crippen molar-refractivity contribution in [3.63, 3.8) is 0 Å². The van der Waals surface area contributed by atoms with Gasteiger partial charge in [-0.25, -0.2) is 4.98 Å². The summed E-state index contributed by atoms with van der Waals surface area (Å²) in [6.07, 6.45) is 7.20. The summed E-state index contributed by atoms with van der Waals surface area (Å²) in [7, 11) is 0. The highest BCUT2D eigenvalue weighted by Gasteiger charge is 2.23. The zero-order valence-electron chi connectivity index (χ0n) is 13.3. The number of allylic oxidation sites excluding steroid dienone is 2. The van der Waals surface area contributed by atoms with E-state index in [4.69, 9.17) is 4.98 Å². The normalized spacial score (nSPS) is 16.0. The van der Waals surface area contributed by atoms with Crippen LogP contribution in [0.3, 0.4) is 0 Å². The molecule has 1 aliphatic heterocycles. The van der Waals surface area contributed by atoms with Gasteiger partial charge in [0, 0.05) is 24.1 Å². The van der Waals surface area contributed by atoms with Gasteiger partial charge in [-0.15, -0.1) is 0 Å². The maximum absolute atomic E-state index is 4.70. The first-order valence-corrected chi connectivity index (χ1v) is 8.19. The molecule has 3 aromatic rings. The Hall–Kier alpha value is -2.62. The average Bonchev–Trinajstić information content (AvgIpc) is 2.94. The molecule has 0 atom stereocenters. The molecule has 0 saturated heterocycles. The van der Waals surface area contributed by atoms with Crippen molar-refractivity contribution in [2.24, 2.45) is 0 Å². The molecule has 0 bridgehead atoms. The van der Waals surface area contributed by atoms with E-state index in [0.717, 1.165) is 37.1 Å². The maximum Gasteiger partial charge on any atom is 0.144 e. The van der Waals surface area contributed by atoms with E-state index >= 15 is 0 Å². The van der Waals surface area contributed by atoms with Crippen molar-refractivity contribution >= 4 is 16.7 Å². The first-order valence-electron chi connectivity index (χ1n) is 8.19. The Morgan fingerprint density at radius 1 is 1.17 bits per heavy atom. The van der Waals surface area contributed by atoms with Crippen LogP contribution in [-0.4, -0.2) is 15.2 Å². The highest BCUT2D eigenvalue weighted by atomic mass is 15.2. The molecular formula is C19H20N4. The molecule has 0 saturated carbocycles. The summed E-state index contributed by atoms with van der Waals surface area (Å²) >= 11 is 0. The number of nitrogens with zero attached hydrogens (tertiary/aromatic N) is 3. The summed E-state index contributed by atoms with van der Waals surface area (Å²) < 4.78 is 0. The van der Waals surface area contributed by atoms with E-state index in [2.05, 4.69) is 58.4 Å². The number of anilines is 1. The van der Waals surface area contributed by atoms with Crippen molar-refractivity contribution in [3.8, 4) is 0 Å². The van der Waals surface area contributed by atoms with Gasteiger partial charge in [0.05, 0.1) is 10.9 Å². The topological polar surface area (TPSA) is 44.8 Å². The molecule has 0 fully saturated rings. The molecule has 0 radical (unpaired) electrons. The third-order valence-corrected chi connectivity index (χ3v) is 4.38. The molecule has 4 nitrogen and oxygen atoms in total. The Bertz CT molecular complexity index is 848. The van der Waals surface area contributed by atoms with E-state index in [1.165, 1.54) is 22.3 Å². The van der Waals surface area contributed by atoms with E-state index in [-0.39, 0.29) is 0 Å². The minimum absolute atomic E-state index is 0.837. The monoisotopic (exact) mass is 304 g/mol. The van der Waals surface area contributed by atoms with Crippen LogP contribution in [0.4, 0.5) is 5.82 Å². The lowest BCUT2D eigenvalue weighted by Gasteiger charge is -2.26. The number of nitrogens with one attached hydrogen (secondary N) is 1. The van der Waals surface area contributed by atoms with E-state index in [0.29, 0.717) is 0 Å². The molecule has 116 valence electrons. The lowest BCUT2D eigenvalue weighted by molar-refractivity contribution is 0.805. The van der Waals surface area contributed by atoms with Gasteiger partial charge in [-0.3, -0.25) is 5.10 Å². The second kappa shape index (κ2) is 5.88. The van der Waals surface area contributed by atoms with Crippen molar-refractivity contribution < 1.29 is 0 Å². The second-order valence-corrected chi connectivity index (χ2v) is 5.91. The van der Waals surface area contributed by atoms with Gasteiger partial charge in [0.1, 0.15) is 5.82 Å². The third-order valence-electron chi connectivity index (χ3n) is 4.38. The van der Waals surface area contributed by atoms with Crippen molar-refractivity contribution in [2.75, 3.05) is 4.90 Å². The van der Waals surface area contributed by atoms with Crippen molar-refractivity contribution in [1.82, 2.24) is 15.2 Å². The van der Waals surface area contributed by atoms with Crippen LogP contribution >= 0.6 is 0 Å². The number of hydrogen-bond acceptors (Lipinski definition) is 3. The smallest absolute Gasteiger partial charge is 0.144 e. The molecule has 1 aromatic carbocycles. The lowest BCUT2D eigenvalue weighted by atomic mass is 10.1. The van der Waals surface area contributed by atoms with Crippen molar-refractivity contribution in [1.29, 1.82) is 0 Å². The summed E-state index contributed by atoms with van der Waals surface area (Å²) in [5.74, 6) is 1.02. The molecule has 0 aliphatic carbocycles. The van der Waals surface area contributed by atoms with Crippen LogP contribution in [0.5, 0.6) is 0 Å². The van der Waals surface area contributed by atoms with Gasteiger partial charge in [-0.05, 0) is 30.9 Å². The number of aryl methyl sites for hydroxylation is 1. The fraction of sp³-hybridized carbons (Fsp3) is 0.263. The fourth-order valence-electron chi connectivity index (χ4n) is 3.31. The van der Waals surface area contributed by atoms with Crippen LogP contribution in [0.25, 0.3) is 10.9 Å². The minimum Gasteiger partial charge on any atom is -0.325 e. The number of rotatable bonds is 3. The first kappa shape index (κ1) is 14.0. The van der Waals surface area contributed by atoms with Gasteiger partial charge in [0.15, 0.2) is 0 Å².